The standard InChI is InChI=1S/C12H22N2O2/c1-4-7-14(8-9-16-3)12(15)11-10(2)5-6-13-11/h4,10-11,13H,1,5-9H2,2-3H3. The van der Waals surface area contributed by atoms with Gasteiger partial charge in [0.15, 0.2) is 0 Å². The highest BCUT2D eigenvalue weighted by molar-refractivity contribution is 5.82. The second kappa shape index (κ2) is 6.66. The van der Waals surface area contributed by atoms with Crippen LogP contribution in [0.15, 0.2) is 12.7 Å². The van der Waals surface area contributed by atoms with Crippen molar-refractivity contribution in [1.82, 2.24) is 10.2 Å². The number of amides is 1. The third kappa shape index (κ3) is 3.32. The maximum atomic E-state index is 12.2. The number of methoxy groups -OCH3 is 1. The van der Waals surface area contributed by atoms with Crippen LogP contribution in [0.3, 0.4) is 0 Å². The Morgan fingerprint density at radius 1 is 1.69 bits per heavy atom. The first kappa shape index (κ1) is 13.2. The number of hydrogen-bond donors (Lipinski definition) is 1. The summed E-state index contributed by atoms with van der Waals surface area (Å²) in [6.07, 6.45) is 2.83. The van der Waals surface area contributed by atoms with Gasteiger partial charge in [-0.1, -0.05) is 13.0 Å². The van der Waals surface area contributed by atoms with Crippen molar-refractivity contribution in [2.75, 3.05) is 33.4 Å². The van der Waals surface area contributed by atoms with Gasteiger partial charge in [-0.15, -0.1) is 6.58 Å². The molecule has 0 aliphatic carbocycles. The summed E-state index contributed by atoms with van der Waals surface area (Å²) in [6, 6.07) is -0.0307. The smallest absolute Gasteiger partial charge is 0.240 e. The van der Waals surface area contributed by atoms with Crippen molar-refractivity contribution in [3.63, 3.8) is 0 Å². The molecule has 0 aromatic rings. The Balaban J connectivity index is 2.54. The van der Waals surface area contributed by atoms with Gasteiger partial charge in [-0.25, -0.2) is 0 Å². The first-order valence-corrected chi connectivity index (χ1v) is 5.82. The Morgan fingerprint density at radius 2 is 2.44 bits per heavy atom. The van der Waals surface area contributed by atoms with Crippen LogP contribution in [0.25, 0.3) is 0 Å². The van der Waals surface area contributed by atoms with Crippen LogP contribution in [0.5, 0.6) is 0 Å². The van der Waals surface area contributed by atoms with Gasteiger partial charge in [-0.3, -0.25) is 4.79 Å². The quantitative estimate of drug-likeness (QED) is 0.676. The van der Waals surface area contributed by atoms with Gasteiger partial charge in [-0.05, 0) is 18.9 Å². The molecule has 0 bridgehead atoms. The fourth-order valence-electron chi connectivity index (χ4n) is 2.01. The molecule has 0 saturated carbocycles. The van der Waals surface area contributed by atoms with E-state index in [9.17, 15) is 4.79 Å². The van der Waals surface area contributed by atoms with Crippen LogP contribution in [0.4, 0.5) is 0 Å². The molecule has 1 saturated heterocycles. The van der Waals surface area contributed by atoms with Gasteiger partial charge < -0.3 is 15.0 Å². The molecule has 92 valence electrons. The molecule has 0 spiro atoms. The van der Waals surface area contributed by atoms with E-state index in [-0.39, 0.29) is 11.9 Å². The summed E-state index contributed by atoms with van der Waals surface area (Å²) in [6.45, 7) is 8.52. The zero-order valence-electron chi connectivity index (χ0n) is 10.2. The van der Waals surface area contributed by atoms with E-state index in [0.29, 0.717) is 25.6 Å². The molecule has 0 radical (unpaired) electrons. The lowest BCUT2D eigenvalue weighted by Gasteiger charge is -2.26. The molecule has 4 nitrogen and oxygen atoms in total. The van der Waals surface area contributed by atoms with Crippen LogP contribution in [0.1, 0.15) is 13.3 Å². The van der Waals surface area contributed by atoms with Gasteiger partial charge in [0.25, 0.3) is 0 Å². The molecule has 2 unspecified atom stereocenters. The molecule has 4 heteroatoms. The Bertz CT molecular complexity index is 243. The van der Waals surface area contributed by atoms with E-state index in [4.69, 9.17) is 4.74 Å². The molecule has 1 heterocycles. The molecule has 2 atom stereocenters. The summed E-state index contributed by atoms with van der Waals surface area (Å²) in [5, 5.41) is 3.26. The minimum absolute atomic E-state index is 0.0307. The van der Waals surface area contributed by atoms with Crippen LogP contribution in [-0.2, 0) is 9.53 Å². The third-order valence-corrected chi connectivity index (χ3v) is 3.03. The van der Waals surface area contributed by atoms with Gasteiger partial charge in [-0.2, -0.15) is 0 Å². The Kier molecular flexibility index (Phi) is 5.49. The monoisotopic (exact) mass is 226 g/mol. The van der Waals surface area contributed by atoms with Crippen LogP contribution in [0, 0.1) is 5.92 Å². The molecule has 1 N–H and O–H groups in total. The molecule has 1 rings (SSSR count). The Morgan fingerprint density at radius 3 is 2.94 bits per heavy atom. The summed E-state index contributed by atoms with van der Waals surface area (Å²) >= 11 is 0. The van der Waals surface area contributed by atoms with E-state index in [1.165, 1.54) is 0 Å². The summed E-state index contributed by atoms with van der Waals surface area (Å²) in [7, 11) is 1.65. The highest BCUT2D eigenvalue weighted by atomic mass is 16.5. The van der Waals surface area contributed by atoms with E-state index in [2.05, 4.69) is 18.8 Å². The van der Waals surface area contributed by atoms with Gasteiger partial charge in [0.2, 0.25) is 5.91 Å². The lowest BCUT2D eigenvalue weighted by atomic mass is 10.0. The molecule has 16 heavy (non-hydrogen) atoms. The van der Waals surface area contributed by atoms with Crippen molar-refractivity contribution in [3.8, 4) is 0 Å². The SMILES string of the molecule is C=CCN(CCOC)C(=O)C1NCCC1C. The van der Waals surface area contributed by atoms with E-state index in [1.54, 1.807) is 18.1 Å². The minimum atomic E-state index is -0.0307. The highest BCUT2D eigenvalue weighted by Gasteiger charge is 2.31. The number of carbonyl (C=O) groups is 1. The molecular weight excluding hydrogens is 204 g/mol. The molecule has 0 aromatic heterocycles. The average molecular weight is 226 g/mol. The van der Waals surface area contributed by atoms with Gasteiger partial charge in [0.1, 0.15) is 0 Å². The maximum Gasteiger partial charge on any atom is 0.240 e. The summed E-state index contributed by atoms with van der Waals surface area (Å²) in [5.41, 5.74) is 0. The van der Waals surface area contributed by atoms with E-state index < -0.39 is 0 Å². The van der Waals surface area contributed by atoms with Gasteiger partial charge >= 0.3 is 0 Å². The fourth-order valence-corrected chi connectivity index (χ4v) is 2.01. The number of carbonyl (C=O) groups excluding carboxylic acids is 1. The van der Waals surface area contributed by atoms with Crippen molar-refractivity contribution in [2.45, 2.75) is 19.4 Å². The topological polar surface area (TPSA) is 41.6 Å². The Hall–Kier alpha value is -0.870. The third-order valence-electron chi connectivity index (χ3n) is 3.03. The normalized spacial score (nSPS) is 24.4. The van der Waals surface area contributed by atoms with Crippen molar-refractivity contribution in [1.29, 1.82) is 0 Å². The van der Waals surface area contributed by atoms with Crippen LogP contribution in [0.2, 0.25) is 0 Å². The Labute approximate surface area is 97.6 Å². The number of rotatable bonds is 6. The zero-order chi connectivity index (χ0) is 12.0. The molecular formula is C12H22N2O2. The summed E-state index contributed by atoms with van der Waals surface area (Å²) in [4.78, 5) is 14.0. The molecule has 1 fully saturated rings. The van der Waals surface area contributed by atoms with Gasteiger partial charge in [0.05, 0.1) is 12.6 Å². The lowest BCUT2D eigenvalue weighted by molar-refractivity contribution is -0.134. The largest absolute Gasteiger partial charge is 0.383 e. The van der Waals surface area contributed by atoms with Crippen molar-refractivity contribution < 1.29 is 9.53 Å². The fraction of sp³-hybridized carbons (Fsp3) is 0.750. The van der Waals surface area contributed by atoms with Crippen LogP contribution in [-0.4, -0.2) is 50.2 Å². The second-order valence-electron chi connectivity index (χ2n) is 4.26. The zero-order valence-corrected chi connectivity index (χ0v) is 10.2. The van der Waals surface area contributed by atoms with Crippen LogP contribution >= 0.6 is 0 Å². The van der Waals surface area contributed by atoms with E-state index in [1.807, 2.05) is 0 Å². The summed E-state index contributed by atoms with van der Waals surface area (Å²) in [5.74, 6) is 0.587. The maximum absolute atomic E-state index is 12.2. The van der Waals surface area contributed by atoms with Crippen molar-refractivity contribution >= 4 is 5.91 Å². The molecule has 0 aromatic carbocycles. The average Bonchev–Trinajstić information content (AvgIpc) is 2.69. The number of hydrogen-bond acceptors (Lipinski definition) is 3. The first-order valence-electron chi connectivity index (χ1n) is 5.82. The molecule has 1 aliphatic rings. The second-order valence-corrected chi connectivity index (χ2v) is 4.26. The first-order chi connectivity index (χ1) is 7.70. The van der Waals surface area contributed by atoms with Gasteiger partial charge in [0, 0.05) is 20.2 Å². The number of nitrogens with one attached hydrogen (secondary N) is 1. The predicted octanol–water partition coefficient (Wildman–Crippen LogP) is 0.645. The van der Waals surface area contributed by atoms with Crippen molar-refractivity contribution in [2.24, 2.45) is 5.92 Å². The summed E-state index contributed by atoms with van der Waals surface area (Å²) < 4.78 is 5.01. The number of nitrogens with zero attached hydrogens (tertiary/aromatic N) is 1. The molecule has 1 aliphatic heterocycles. The van der Waals surface area contributed by atoms with Crippen LogP contribution < -0.4 is 5.32 Å². The molecule has 1 amide bonds. The predicted molar refractivity (Wildman–Crippen MR) is 64.2 cm³/mol. The lowest BCUT2D eigenvalue weighted by Crippen LogP contribution is -2.47. The minimum Gasteiger partial charge on any atom is -0.383 e. The number of ether oxygens (including phenoxy) is 1. The van der Waals surface area contributed by atoms with E-state index >= 15 is 0 Å². The van der Waals surface area contributed by atoms with Crippen molar-refractivity contribution in [3.05, 3.63) is 12.7 Å². The highest BCUT2D eigenvalue weighted by Crippen LogP contribution is 2.16. The van der Waals surface area contributed by atoms with E-state index in [0.717, 1.165) is 13.0 Å².